The van der Waals surface area contributed by atoms with Gasteiger partial charge in [-0.2, -0.15) is 4.31 Å². The monoisotopic (exact) mass is 394 g/mol. The number of halogens is 1. The molecule has 2 aromatic carbocycles. The number of ether oxygens (including phenoxy) is 1. The zero-order valence-corrected chi connectivity index (χ0v) is 15.8. The SMILES string of the molecule is COC(=O)c1ccc(C)c(NC(=O)CN(C)S(=O)(=O)c2ccc(F)cc2)c1. The normalized spacial score (nSPS) is 11.3. The summed E-state index contributed by atoms with van der Waals surface area (Å²) >= 11 is 0. The number of esters is 1. The summed E-state index contributed by atoms with van der Waals surface area (Å²) in [5.41, 5.74) is 1.32. The molecule has 0 aliphatic carbocycles. The molecule has 0 atom stereocenters. The summed E-state index contributed by atoms with van der Waals surface area (Å²) in [5, 5.41) is 2.58. The number of likely N-dealkylation sites (N-methyl/N-ethyl adjacent to an activating group) is 1. The van der Waals surface area contributed by atoms with Crippen LogP contribution < -0.4 is 5.32 Å². The van der Waals surface area contributed by atoms with Crippen LogP contribution in [0.5, 0.6) is 0 Å². The van der Waals surface area contributed by atoms with Crippen molar-refractivity contribution in [3.8, 4) is 0 Å². The minimum absolute atomic E-state index is 0.122. The third kappa shape index (κ3) is 4.89. The van der Waals surface area contributed by atoms with Crippen LogP contribution in [0.4, 0.5) is 10.1 Å². The quantitative estimate of drug-likeness (QED) is 0.758. The molecule has 9 heteroatoms. The maximum Gasteiger partial charge on any atom is 0.337 e. The molecule has 1 N–H and O–H groups in total. The van der Waals surface area contributed by atoms with Crippen LogP contribution in [0.15, 0.2) is 47.4 Å². The summed E-state index contributed by atoms with van der Waals surface area (Å²) in [5.74, 6) is -1.70. The first-order valence-electron chi connectivity index (χ1n) is 7.86. The minimum atomic E-state index is -3.95. The molecule has 0 unspecified atom stereocenters. The second-order valence-electron chi connectivity index (χ2n) is 5.78. The van der Waals surface area contributed by atoms with Crippen molar-refractivity contribution in [3.05, 3.63) is 59.4 Å². The fourth-order valence-corrected chi connectivity index (χ4v) is 3.39. The molecule has 1 amide bonds. The third-order valence-corrected chi connectivity index (χ3v) is 5.64. The Morgan fingerprint density at radius 1 is 1.15 bits per heavy atom. The van der Waals surface area contributed by atoms with Crippen molar-refractivity contribution < 1.29 is 27.1 Å². The Bertz CT molecular complexity index is 958. The van der Waals surface area contributed by atoms with Crippen LogP contribution in [0, 0.1) is 12.7 Å². The highest BCUT2D eigenvalue weighted by Crippen LogP contribution is 2.19. The number of hydrogen-bond acceptors (Lipinski definition) is 5. The number of carbonyl (C=O) groups is 2. The molecule has 0 fully saturated rings. The van der Waals surface area contributed by atoms with E-state index in [4.69, 9.17) is 0 Å². The molecular formula is C18H19FN2O5S. The molecule has 0 radical (unpaired) electrons. The number of rotatable bonds is 6. The predicted octanol–water partition coefficient (Wildman–Crippen LogP) is 2.18. The molecule has 0 aliphatic rings. The highest BCUT2D eigenvalue weighted by molar-refractivity contribution is 7.89. The van der Waals surface area contributed by atoms with Crippen LogP contribution in [0.3, 0.4) is 0 Å². The van der Waals surface area contributed by atoms with Gasteiger partial charge in [-0.1, -0.05) is 6.07 Å². The van der Waals surface area contributed by atoms with Crippen molar-refractivity contribution in [2.45, 2.75) is 11.8 Å². The standard InChI is InChI=1S/C18H19FN2O5S/c1-12-4-5-13(18(23)26-3)10-16(12)20-17(22)11-21(2)27(24,25)15-8-6-14(19)7-9-15/h4-10H,11H2,1-3H3,(H,20,22). The van der Waals surface area contributed by atoms with Gasteiger partial charge in [-0.15, -0.1) is 0 Å². The van der Waals surface area contributed by atoms with Gasteiger partial charge < -0.3 is 10.1 Å². The van der Waals surface area contributed by atoms with Gasteiger partial charge in [-0.25, -0.2) is 17.6 Å². The lowest BCUT2D eigenvalue weighted by Crippen LogP contribution is -2.35. The van der Waals surface area contributed by atoms with Gasteiger partial charge in [0.15, 0.2) is 0 Å². The first kappa shape index (κ1) is 20.5. The van der Waals surface area contributed by atoms with E-state index in [2.05, 4.69) is 10.1 Å². The second-order valence-corrected chi connectivity index (χ2v) is 7.83. The average molecular weight is 394 g/mol. The molecule has 0 saturated carbocycles. The van der Waals surface area contributed by atoms with Crippen LogP contribution in [0.25, 0.3) is 0 Å². The molecule has 27 heavy (non-hydrogen) atoms. The fraction of sp³-hybridized carbons (Fsp3) is 0.222. The Kier molecular flexibility index (Phi) is 6.29. The van der Waals surface area contributed by atoms with Crippen LogP contribution in [-0.4, -0.2) is 45.3 Å². The Hall–Kier alpha value is -2.78. The van der Waals surface area contributed by atoms with Gasteiger partial charge >= 0.3 is 5.97 Å². The van der Waals surface area contributed by atoms with E-state index < -0.39 is 34.3 Å². The molecule has 0 aliphatic heterocycles. The largest absolute Gasteiger partial charge is 0.465 e. The maximum absolute atomic E-state index is 13.0. The van der Waals surface area contributed by atoms with E-state index in [1.54, 1.807) is 19.1 Å². The maximum atomic E-state index is 13.0. The minimum Gasteiger partial charge on any atom is -0.465 e. The van der Waals surface area contributed by atoms with Crippen molar-refractivity contribution in [2.75, 3.05) is 26.0 Å². The topological polar surface area (TPSA) is 92.8 Å². The second kappa shape index (κ2) is 8.28. The number of amides is 1. The molecule has 7 nitrogen and oxygen atoms in total. The summed E-state index contributed by atoms with van der Waals surface area (Å²) in [7, 11) is -1.46. The molecule has 2 aromatic rings. The number of nitrogens with one attached hydrogen (secondary N) is 1. The first-order chi connectivity index (χ1) is 12.6. The lowest BCUT2D eigenvalue weighted by Gasteiger charge is -2.17. The number of carbonyl (C=O) groups excluding carboxylic acids is 2. The number of benzene rings is 2. The Morgan fingerprint density at radius 3 is 2.37 bits per heavy atom. The van der Waals surface area contributed by atoms with Crippen molar-refractivity contribution >= 4 is 27.6 Å². The lowest BCUT2D eigenvalue weighted by molar-refractivity contribution is -0.116. The Balaban J connectivity index is 2.13. The van der Waals surface area contributed by atoms with Gasteiger partial charge in [0.25, 0.3) is 0 Å². The smallest absolute Gasteiger partial charge is 0.337 e. The van der Waals surface area contributed by atoms with Gasteiger partial charge in [-0.3, -0.25) is 4.79 Å². The molecular weight excluding hydrogens is 375 g/mol. The summed E-state index contributed by atoms with van der Waals surface area (Å²) < 4.78 is 43.4. The zero-order chi connectivity index (χ0) is 20.2. The lowest BCUT2D eigenvalue weighted by atomic mass is 10.1. The van der Waals surface area contributed by atoms with Crippen molar-refractivity contribution in [1.82, 2.24) is 4.31 Å². The number of sulfonamides is 1. The number of hydrogen-bond donors (Lipinski definition) is 1. The van der Waals surface area contributed by atoms with E-state index in [-0.39, 0.29) is 10.5 Å². The van der Waals surface area contributed by atoms with Gasteiger partial charge in [0.1, 0.15) is 5.82 Å². The molecule has 2 rings (SSSR count). The zero-order valence-electron chi connectivity index (χ0n) is 15.0. The molecule has 0 saturated heterocycles. The highest BCUT2D eigenvalue weighted by Gasteiger charge is 2.23. The van der Waals surface area contributed by atoms with Crippen LogP contribution >= 0.6 is 0 Å². The molecule has 0 spiro atoms. The summed E-state index contributed by atoms with van der Waals surface area (Å²) in [6, 6.07) is 8.97. The molecule has 144 valence electrons. The average Bonchev–Trinajstić information content (AvgIpc) is 2.63. The van der Waals surface area contributed by atoms with E-state index >= 15 is 0 Å². The van der Waals surface area contributed by atoms with E-state index in [0.29, 0.717) is 11.3 Å². The highest BCUT2D eigenvalue weighted by atomic mass is 32.2. The predicted molar refractivity (Wildman–Crippen MR) is 97.4 cm³/mol. The van der Waals surface area contributed by atoms with Crippen LogP contribution in [0.2, 0.25) is 0 Å². The van der Waals surface area contributed by atoms with Gasteiger partial charge in [-0.05, 0) is 48.9 Å². The number of aryl methyl sites for hydroxylation is 1. The van der Waals surface area contributed by atoms with Crippen molar-refractivity contribution in [2.24, 2.45) is 0 Å². The van der Waals surface area contributed by atoms with Crippen molar-refractivity contribution in [3.63, 3.8) is 0 Å². The fourth-order valence-electron chi connectivity index (χ4n) is 2.26. The third-order valence-electron chi connectivity index (χ3n) is 3.82. The Labute approximate surface area is 156 Å². The molecule has 0 aromatic heterocycles. The van der Waals surface area contributed by atoms with Gasteiger partial charge in [0, 0.05) is 12.7 Å². The van der Waals surface area contributed by atoms with Crippen LogP contribution in [-0.2, 0) is 19.6 Å². The summed E-state index contributed by atoms with van der Waals surface area (Å²) in [6.07, 6.45) is 0. The van der Waals surface area contributed by atoms with Gasteiger partial charge in [0.05, 0.1) is 24.1 Å². The van der Waals surface area contributed by atoms with Crippen LogP contribution in [0.1, 0.15) is 15.9 Å². The van der Waals surface area contributed by atoms with E-state index in [1.807, 2.05) is 0 Å². The summed E-state index contributed by atoms with van der Waals surface area (Å²) in [6.45, 7) is 1.28. The number of methoxy groups -OCH3 is 1. The number of anilines is 1. The van der Waals surface area contributed by atoms with Crippen molar-refractivity contribution in [1.29, 1.82) is 0 Å². The van der Waals surface area contributed by atoms with Gasteiger partial charge in [0.2, 0.25) is 15.9 Å². The first-order valence-corrected chi connectivity index (χ1v) is 9.30. The van der Waals surface area contributed by atoms with E-state index in [1.165, 1.54) is 20.2 Å². The molecule has 0 bridgehead atoms. The summed E-state index contributed by atoms with van der Waals surface area (Å²) in [4.78, 5) is 23.7. The van der Waals surface area contributed by atoms with E-state index in [0.717, 1.165) is 28.6 Å². The molecule has 0 heterocycles. The number of nitrogens with zero attached hydrogens (tertiary/aromatic N) is 1. The Morgan fingerprint density at radius 2 is 1.78 bits per heavy atom. The van der Waals surface area contributed by atoms with E-state index in [9.17, 15) is 22.4 Å².